The Bertz CT molecular complexity index is 1120. The van der Waals surface area contributed by atoms with Crippen molar-refractivity contribution in [2.75, 3.05) is 18.0 Å². The minimum Gasteiger partial charge on any atom is -0.355 e. The van der Waals surface area contributed by atoms with Gasteiger partial charge in [0.05, 0.1) is 17.2 Å². The molecule has 1 aromatic heterocycles. The summed E-state index contributed by atoms with van der Waals surface area (Å²) in [6, 6.07) is 15.0. The van der Waals surface area contributed by atoms with Crippen LogP contribution in [0.25, 0.3) is 10.9 Å². The molecule has 0 aliphatic heterocycles. The molecule has 0 unspecified atom stereocenters. The first-order valence-electron chi connectivity index (χ1n) is 10.6. The van der Waals surface area contributed by atoms with Gasteiger partial charge in [0, 0.05) is 25.2 Å². The van der Waals surface area contributed by atoms with Gasteiger partial charge in [0.1, 0.15) is 6.54 Å². The normalized spacial score (nSPS) is 10.8. The summed E-state index contributed by atoms with van der Waals surface area (Å²) in [6.45, 7) is 4.90. The topological polar surface area (TPSA) is 84.3 Å². The number of para-hydroxylation sites is 2. The fourth-order valence-corrected chi connectivity index (χ4v) is 3.59. The molecule has 0 aliphatic carbocycles. The molecule has 0 spiro atoms. The third kappa shape index (κ3) is 5.36. The summed E-state index contributed by atoms with van der Waals surface area (Å²) in [5.74, 6) is -0.247. The van der Waals surface area contributed by atoms with Crippen LogP contribution in [0.15, 0.2) is 59.7 Å². The Hall–Kier alpha value is -3.48. The molecular weight excluding hydrogens is 392 g/mol. The van der Waals surface area contributed by atoms with Gasteiger partial charge in [-0.15, -0.1) is 0 Å². The van der Waals surface area contributed by atoms with Crippen molar-refractivity contribution in [3.05, 3.63) is 70.8 Å². The fraction of sp³-hybridized carbons (Fsp3) is 0.333. The number of benzene rings is 2. The maximum atomic E-state index is 12.7. The van der Waals surface area contributed by atoms with Gasteiger partial charge >= 0.3 is 0 Å². The van der Waals surface area contributed by atoms with Crippen LogP contribution in [-0.2, 0) is 22.6 Å². The van der Waals surface area contributed by atoms with Crippen molar-refractivity contribution in [1.82, 2.24) is 14.9 Å². The second kappa shape index (κ2) is 10.5. The van der Waals surface area contributed by atoms with E-state index in [0.29, 0.717) is 36.8 Å². The summed E-state index contributed by atoms with van der Waals surface area (Å²) < 4.78 is 1.29. The van der Waals surface area contributed by atoms with Gasteiger partial charge in [-0.1, -0.05) is 37.3 Å². The molecule has 2 amide bonds. The quantitative estimate of drug-likeness (QED) is 0.540. The molecule has 1 heterocycles. The number of carbonyl (C=O) groups is 2. The molecule has 0 radical (unpaired) electrons. The Morgan fingerprint density at radius 3 is 2.58 bits per heavy atom. The van der Waals surface area contributed by atoms with Gasteiger partial charge in [-0.2, -0.15) is 0 Å². The van der Waals surface area contributed by atoms with Crippen LogP contribution in [0, 0.1) is 0 Å². The van der Waals surface area contributed by atoms with Crippen molar-refractivity contribution >= 4 is 28.4 Å². The van der Waals surface area contributed by atoms with E-state index < -0.39 is 0 Å². The highest BCUT2D eigenvalue weighted by molar-refractivity contribution is 5.94. The number of nitrogens with one attached hydrogen (secondary N) is 1. The van der Waals surface area contributed by atoms with Crippen LogP contribution in [0.5, 0.6) is 0 Å². The lowest BCUT2D eigenvalue weighted by Gasteiger charge is -2.23. The molecule has 7 heteroatoms. The molecule has 0 saturated heterocycles. The van der Waals surface area contributed by atoms with Gasteiger partial charge in [-0.3, -0.25) is 19.0 Å². The molecule has 0 atom stereocenters. The van der Waals surface area contributed by atoms with Crippen molar-refractivity contribution in [1.29, 1.82) is 0 Å². The van der Waals surface area contributed by atoms with E-state index in [2.05, 4.69) is 17.2 Å². The van der Waals surface area contributed by atoms with Crippen LogP contribution in [-0.4, -0.2) is 34.5 Å². The summed E-state index contributed by atoms with van der Waals surface area (Å²) in [7, 11) is 0. The smallest absolute Gasteiger partial charge is 0.261 e. The third-order valence-electron chi connectivity index (χ3n) is 5.22. The van der Waals surface area contributed by atoms with Crippen LogP contribution < -0.4 is 15.8 Å². The van der Waals surface area contributed by atoms with Crippen LogP contribution in [0.1, 0.15) is 32.3 Å². The van der Waals surface area contributed by atoms with E-state index in [1.165, 1.54) is 10.9 Å². The standard InChI is InChI=1S/C24H28N4O3/c1-3-18-10-5-8-13-21(18)28(4-2)23(30)14-9-15-25-22(29)16-27-17-26-20-12-7-6-11-19(20)24(27)31/h5-8,10-13,17H,3-4,9,14-16H2,1-2H3,(H,25,29). The molecule has 31 heavy (non-hydrogen) atoms. The van der Waals surface area contributed by atoms with Crippen LogP contribution in [0.2, 0.25) is 0 Å². The molecular formula is C24H28N4O3. The van der Waals surface area contributed by atoms with Crippen molar-refractivity contribution < 1.29 is 9.59 Å². The summed E-state index contributed by atoms with van der Waals surface area (Å²) in [5.41, 5.74) is 2.45. The third-order valence-corrected chi connectivity index (χ3v) is 5.22. The van der Waals surface area contributed by atoms with Crippen molar-refractivity contribution in [3.8, 4) is 0 Å². The molecule has 1 N–H and O–H groups in total. The number of rotatable bonds is 9. The predicted molar refractivity (Wildman–Crippen MR) is 122 cm³/mol. The number of aromatic nitrogens is 2. The Morgan fingerprint density at radius 2 is 1.81 bits per heavy atom. The number of fused-ring (bicyclic) bond motifs is 1. The van der Waals surface area contributed by atoms with E-state index in [-0.39, 0.29) is 23.9 Å². The van der Waals surface area contributed by atoms with Crippen LogP contribution in [0.3, 0.4) is 0 Å². The number of amides is 2. The SMILES string of the molecule is CCc1ccccc1N(CC)C(=O)CCCNC(=O)Cn1cnc2ccccc2c1=O. The first kappa shape index (κ1) is 22.2. The molecule has 0 aliphatic rings. The van der Waals surface area contributed by atoms with Crippen LogP contribution in [0.4, 0.5) is 5.69 Å². The lowest BCUT2D eigenvalue weighted by atomic mass is 10.1. The second-order valence-corrected chi connectivity index (χ2v) is 7.27. The maximum absolute atomic E-state index is 12.7. The predicted octanol–water partition coefficient (Wildman–Crippen LogP) is 2.91. The largest absolute Gasteiger partial charge is 0.355 e. The van der Waals surface area contributed by atoms with E-state index in [0.717, 1.165) is 17.7 Å². The summed E-state index contributed by atoms with van der Waals surface area (Å²) in [6.07, 6.45) is 3.11. The average Bonchev–Trinajstić information content (AvgIpc) is 2.79. The molecule has 3 aromatic rings. The number of hydrogen-bond acceptors (Lipinski definition) is 4. The minimum atomic E-state index is -0.282. The van der Waals surface area contributed by atoms with Gasteiger partial charge in [0.15, 0.2) is 0 Å². The number of aryl methyl sites for hydroxylation is 1. The highest BCUT2D eigenvalue weighted by Gasteiger charge is 2.16. The number of nitrogens with zero attached hydrogens (tertiary/aromatic N) is 3. The van der Waals surface area contributed by atoms with Crippen molar-refractivity contribution in [2.24, 2.45) is 0 Å². The monoisotopic (exact) mass is 420 g/mol. The zero-order chi connectivity index (χ0) is 22.2. The van der Waals surface area contributed by atoms with Gasteiger partial charge in [0.25, 0.3) is 5.56 Å². The van der Waals surface area contributed by atoms with Crippen molar-refractivity contribution in [2.45, 2.75) is 39.7 Å². The minimum absolute atomic E-state index is 0.0348. The highest BCUT2D eigenvalue weighted by atomic mass is 16.2. The van der Waals surface area contributed by atoms with E-state index in [9.17, 15) is 14.4 Å². The number of hydrogen-bond donors (Lipinski definition) is 1. The molecule has 0 saturated carbocycles. The van der Waals surface area contributed by atoms with Gasteiger partial charge in [0.2, 0.25) is 11.8 Å². The molecule has 0 bridgehead atoms. The first-order valence-corrected chi connectivity index (χ1v) is 10.6. The Kier molecular flexibility index (Phi) is 7.54. The van der Waals surface area contributed by atoms with E-state index >= 15 is 0 Å². The second-order valence-electron chi connectivity index (χ2n) is 7.27. The van der Waals surface area contributed by atoms with Crippen molar-refractivity contribution in [3.63, 3.8) is 0 Å². The molecule has 162 valence electrons. The maximum Gasteiger partial charge on any atom is 0.261 e. The molecule has 2 aromatic carbocycles. The fourth-order valence-electron chi connectivity index (χ4n) is 3.59. The summed E-state index contributed by atoms with van der Waals surface area (Å²) in [5, 5.41) is 3.27. The van der Waals surface area contributed by atoms with Crippen LogP contribution >= 0.6 is 0 Å². The summed E-state index contributed by atoms with van der Waals surface area (Å²) in [4.78, 5) is 43.4. The first-order chi connectivity index (χ1) is 15.0. The Morgan fingerprint density at radius 1 is 1.06 bits per heavy atom. The highest BCUT2D eigenvalue weighted by Crippen LogP contribution is 2.21. The van der Waals surface area contributed by atoms with Gasteiger partial charge in [-0.05, 0) is 43.5 Å². The zero-order valence-electron chi connectivity index (χ0n) is 18.0. The average molecular weight is 421 g/mol. The van der Waals surface area contributed by atoms with Gasteiger partial charge < -0.3 is 10.2 Å². The number of anilines is 1. The van der Waals surface area contributed by atoms with E-state index in [1.54, 1.807) is 23.1 Å². The van der Waals surface area contributed by atoms with E-state index in [1.807, 2.05) is 37.3 Å². The molecule has 0 fully saturated rings. The number of carbonyl (C=O) groups excluding carboxylic acids is 2. The molecule has 7 nitrogen and oxygen atoms in total. The zero-order valence-corrected chi connectivity index (χ0v) is 18.0. The van der Waals surface area contributed by atoms with E-state index in [4.69, 9.17) is 0 Å². The Balaban J connectivity index is 1.51. The lowest BCUT2D eigenvalue weighted by Crippen LogP contribution is -2.34. The Labute approximate surface area is 181 Å². The molecule has 3 rings (SSSR count). The summed E-state index contributed by atoms with van der Waals surface area (Å²) >= 11 is 0. The lowest BCUT2D eigenvalue weighted by molar-refractivity contribution is -0.122. The van der Waals surface area contributed by atoms with Gasteiger partial charge in [-0.25, -0.2) is 4.98 Å².